The lowest BCUT2D eigenvalue weighted by Gasteiger charge is -2.08. The summed E-state index contributed by atoms with van der Waals surface area (Å²) in [4.78, 5) is 3.08. The summed E-state index contributed by atoms with van der Waals surface area (Å²) in [5.41, 5.74) is 4.93. The molecule has 0 radical (unpaired) electrons. The van der Waals surface area contributed by atoms with Crippen LogP contribution >= 0.6 is 11.6 Å². The van der Waals surface area contributed by atoms with Gasteiger partial charge < -0.3 is 10.3 Å². The number of hydrogen-bond acceptors (Lipinski definition) is 3. The molecule has 0 amide bonds. The number of nitrogens with one attached hydrogen (secondary N) is 1. The van der Waals surface area contributed by atoms with Gasteiger partial charge in [-0.25, -0.2) is 31.3 Å². The lowest BCUT2D eigenvalue weighted by atomic mass is 10.3. The molecule has 1 aromatic heterocycles. The second-order valence-corrected chi connectivity index (χ2v) is 7.79. The van der Waals surface area contributed by atoms with E-state index in [1.807, 2.05) is 0 Å². The molecule has 26 heavy (non-hydrogen) atoms. The fourth-order valence-electron chi connectivity index (χ4n) is 2.21. The molecular formula is C15H16ClF3N4O2S. The van der Waals surface area contributed by atoms with E-state index < -0.39 is 55.0 Å². The van der Waals surface area contributed by atoms with Crippen LogP contribution in [-0.2, 0) is 17.1 Å². The molecule has 0 saturated heterocycles. The second kappa shape index (κ2) is 7.29. The predicted octanol–water partition coefficient (Wildman–Crippen LogP) is 2.82. The van der Waals surface area contributed by atoms with E-state index in [2.05, 4.69) is 9.71 Å². The van der Waals surface area contributed by atoms with Crippen LogP contribution in [0.2, 0.25) is 5.02 Å². The number of aryl methyl sites for hydroxylation is 1. The Morgan fingerprint density at radius 2 is 1.88 bits per heavy atom. The highest BCUT2D eigenvalue weighted by molar-refractivity contribution is 7.89. The van der Waals surface area contributed by atoms with Gasteiger partial charge in [-0.05, 0) is 26.0 Å². The van der Waals surface area contributed by atoms with Crippen molar-refractivity contribution in [2.45, 2.75) is 24.8 Å². The van der Waals surface area contributed by atoms with Gasteiger partial charge >= 0.3 is 0 Å². The molecule has 2 rings (SSSR count). The number of amidine groups is 1. The minimum Gasteiger partial charge on any atom is -0.382 e. The Kier molecular flexibility index (Phi) is 5.69. The Hall–Kier alpha value is -2.04. The van der Waals surface area contributed by atoms with Gasteiger partial charge in [0.1, 0.15) is 27.1 Å². The van der Waals surface area contributed by atoms with Crippen LogP contribution in [0.3, 0.4) is 0 Å². The molecule has 0 fully saturated rings. The van der Waals surface area contributed by atoms with E-state index >= 15 is 0 Å². The van der Waals surface area contributed by atoms with E-state index in [0.717, 1.165) is 22.9 Å². The Morgan fingerprint density at radius 1 is 1.27 bits per heavy atom. The molecule has 2 aromatic rings. The fraction of sp³-hybridized carbons (Fsp3) is 0.267. The number of rotatable bonds is 5. The smallest absolute Gasteiger partial charge is 0.245 e. The average molecular weight is 409 g/mol. The van der Waals surface area contributed by atoms with Crippen LogP contribution in [0.5, 0.6) is 0 Å². The molecular weight excluding hydrogens is 393 g/mol. The topological polar surface area (TPSA) is 89.5 Å². The van der Waals surface area contributed by atoms with E-state index in [9.17, 15) is 21.6 Å². The number of nitrogens with zero attached hydrogens (tertiary/aromatic N) is 2. The first-order valence-electron chi connectivity index (χ1n) is 7.31. The summed E-state index contributed by atoms with van der Waals surface area (Å²) in [6.07, 6.45) is 1.02. The van der Waals surface area contributed by atoms with Crippen LogP contribution in [-0.4, -0.2) is 24.9 Å². The van der Waals surface area contributed by atoms with E-state index in [1.165, 1.54) is 7.05 Å². The van der Waals surface area contributed by atoms with Crippen LogP contribution in [0.25, 0.3) is 0 Å². The van der Waals surface area contributed by atoms with E-state index in [-0.39, 0.29) is 5.69 Å². The van der Waals surface area contributed by atoms with Crippen molar-refractivity contribution in [3.8, 4) is 0 Å². The third-order valence-corrected chi connectivity index (χ3v) is 5.26. The number of sulfonamides is 1. The first-order chi connectivity index (χ1) is 12.0. The van der Waals surface area contributed by atoms with Crippen molar-refractivity contribution in [3.05, 3.63) is 46.5 Å². The zero-order valence-corrected chi connectivity index (χ0v) is 15.6. The van der Waals surface area contributed by atoms with Crippen molar-refractivity contribution in [3.63, 3.8) is 0 Å². The summed E-state index contributed by atoms with van der Waals surface area (Å²) in [5.74, 6) is -3.80. The van der Waals surface area contributed by atoms with Crippen LogP contribution in [0.1, 0.15) is 19.5 Å². The molecule has 142 valence electrons. The second-order valence-electron chi connectivity index (χ2n) is 5.73. The van der Waals surface area contributed by atoms with Gasteiger partial charge in [0.25, 0.3) is 0 Å². The number of aliphatic imine (C=N–C) groups is 1. The van der Waals surface area contributed by atoms with Crippen molar-refractivity contribution in [1.82, 2.24) is 9.29 Å². The van der Waals surface area contributed by atoms with Gasteiger partial charge in [0.2, 0.25) is 10.0 Å². The maximum atomic E-state index is 14.7. The average Bonchev–Trinajstić information content (AvgIpc) is 2.82. The lowest BCUT2D eigenvalue weighted by Crippen LogP contribution is -2.30. The van der Waals surface area contributed by atoms with E-state index in [4.69, 9.17) is 17.3 Å². The molecule has 0 aliphatic heterocycles. The Balaban J connectivity index is 2.55. The van der Waals surface area contributed by atoms with E-state index in [1.54, 1.807) is 13.8 Å². The zero-order valence-electron chi connectivity index (χ0n) is 14.0. The number of halogens is 4. The lowest BCUT2D eigenvalue weighted by molar-refractivity contribution is 0.551. The SMILES string of the molecule is CC(C)NS(=O)(=O)c1cn(C)c(C(N)=Nc2ccc(F)c(Cl)c2F)c1F. The quantitative estimate of drug-likeness (QED) is 0.453. The Labute approximate surface area is 153 Å². The Bertz CT molecular complexity index is 987. The van der Waals surface area contributed by atoms with Gasteiger partial charge in [-0.2, -0.15) is 0 Å². The standard InChI is InChI=1S/C15H16ClF3N4O2S/c1-7(2)22-26(24,25)10-6-23(3)14(13(10)19)15(20)21-9-5-4-8(17)11(16)12(9)18/h4-7,22H,1-3H3,(H2,20,21). The highest BCUT2D eigenvalue weighted by Crippen LogP contribution is 2.28. The first-order valence-corrected chi connectivity index (χ1v) is 9.17. The molecule has 6 nitrogen and oxygen atoms in total. The van der Waals surface area contributed by atoms with Crippen LogP contribution < -0.4 is 10.5 Å². The van der Waals surface area contributed by atoms with Crippen molar-refractivity contribution < 1.29 is 21.6 Å². The van der Waals surface area contributed by atoms with Crippen LogP contribution in [0, 0.1) is 17.5 Å². The number of hydrogen-bond donors (Lipinski definition) is 2. The van der Waals surface area contributed by atoms with Gasteiger partial charge in [-0.15, -0.1) is 0 Å². The van der Waals surface area contributed by atoms with Crippen LogP contribution in [0.4, 0.5) is 18.9 Å². The third kappa shape index (κ3) is 3.87. The van der Waals surface area contributed by atoms with Gasteiger partial charge in [-0.3, -0.25) is 0 Å². The van der Waals surface area contributed by atoms with Crippen molar-refractivity contribution in [2.75, 3.05) is 0 Å². The highest BCUT2D eigenvalue weighted by atomic mass is 35.5. The maximum Gasteiger partial charge on any atom is 0.245 e. The zero-order chi connectivity index (χ0) is 19.8. The van der Waals surface area contributed by atoms with Crippen LogP contribution in [0.15, 0.2) is 28.2 Å². The first kappa shape index (κ1) is 20.3. The van der Waals surface area contributed by atoms with Gasteiger partial charge in [0.15, 0.2) is 17.5 Å². The minimum atomic E-state index is -4.12. The molecule has 0 spiro atoms. The molecule has 11 heteroatoms. The monoisotopic (exact) mass is 408 g/mol. The van der Waals surface area contributed by atoms with Crippen molar-refractivity contribution in [2.24, 2.45) is 17.8 Å². The molecule has 0 saturated carbocycles. The van der Waals surface area contributed by atoms with Crippen molar-refractivity contribution in [1.29, 1.82) is 0 Å². The molecule has 0 unspecified atom stereocenters. The summed E-state index contributed by atoms with van der Waals surface area (Å²) < 4.78 is 69.5. The Morgan fingerprint density at radius 3 is 2.46 bits per heavy atom. The molecule has 0 bridgehead atoms. The summed E-state index contributed by atoms with van der Waals surface area (Å²) in [6.45, 7) is 3.16. The van der Waals surface area contributed by atoms with Gasteiger partial charge in [0.05, 0.1) is 0 Å². The highest BCUT2D eigenvalue weighted by Gasteiger charge is 2.27. The summed E-state index contributed by atoms with van der Waals surface area (Å²) in [6, 6.07) is 1.40. The fourth-order valence-corrected chi connectivity index (χ4v) is 3.74. The molecule has 1 aromatic carbocycles. The molecule has 3 N–H and O–H groups in total. The third-order valence-electron chi connectivity index (χ3n) is 3.27. The normalized spacial score (nSPS) is 12.8. The number of benzene rings is 1. The van der Waals surface area contributed by atoms with E-state index in [0.29, 0.717) is 0 Å². The number of aromatic nitrogens is 1. The molecule has 0 aliphatic carbocycles. The minimum absolute atomic E-state index is 0.367. The molecule has 0 atom stereocenters. The largest absolute Gasteiger partial charge is 0.382 e. The molecule has 1 heterocycles. The molecule has 0 aliphatic rings. The summed E-state index contributed by atoms with van der Waals surface area (Å²) >= 11 is 5.46. The van der Waals surface area contributed by atoms with Gasteiger partial charge in [0, 0.05) is 19.3 Å². The summed E-state index contributed by atoms with van der Waals surface area (Å²) in [7, 11) is -2.77. The van der Waals surface area contributed by atoms with Crippen molar-refractivity contribution >= 4 is 33.1 Å². The predicted molar refractivity (Wildman–Crippen MR) is 92.6 cm³/mol. The summed E-state index contributed by atoms with van der Waals surface area (Å²) in [5, 5.41) is -0.782. The maximum absolute atomic E-state index is 14.7. The van der Waals surface area contributed by atoms with Gasteiger partial charge in [-0.1, -0.05) is 11.6 Å². The number of nitrogens with two attached hydrogens (primary N) is 1.